The summed E-state index contributed by atoms with van der Waals surface area (Å²) in [5.41, 5.74) is 2.20. The first-order valence-corrected chi connectivity index (χ1v) is 7.16. The standard InChI is InChI=1S/C18H24O2/c1-4-5-9-15(2)12-16(3)14-20-18(19)13-17-10-7-6-8-11-17/h5-12,16H,4,13-14H2,1-3H3/b9-5+,15-12+. The molecule has 0 N–H and O–H groups in total. The fraction of sp³-hybridized carbons (Fsp3) is 0.389. The highest BCUT2D eigenvalue weighted by Crippen LogP contribution is 2.07. The zero-order chi connectivity index (χ0) is 14.8. The molecule has 1 rings (SSSR count). The second kappa shape index (κ2) is 9.13. The molecule has 0 heterocycles. The van der Waals surface area contributed by atoms with Crippen LogP contribution in [0.5, 0.6) is 0 Å². The monoisotopic (exact) mass is 272 g/mol. The van der Waals surface area contributed by atoms with Crippen LogP contribution >= 0.6 is 0 Å². The second-order valence-electron chi connectivity index (χ2n) is 5.04. The van der Waals surface area contributed by atoms with Gasteiger partial charge in [0.15, 0.2) is 0 Å². The molecule has 1 aromatic carbocycles. The van der Waals surface area contributed by atoms with Gasteiger partial charge in [-0.1, -0.05) is 68.0 Å². The van der Waals surface area contributed by atoms with Crippen LogP contribution < -0.4 is 0 Å². The predicted molar refractivity (Wildman–Crippen MR) is 83.5 cm³/mol. The number of esters is 1. The molecule has 1 aromatic rings. The van der Waals surface area contributed by atoms with Crippen molar-refractivity contribution in [2.24, 2.45) is 5.92 Å². The molecule has 0 bridgehead atoms. The van der Waals surface area contributed by atoms with Crippen LogP contribution in [0.2, 0.25) is 0 Å². The van der Waals surface area contributed by atoms with E-state index in [-0.39, 0.29) is 11.9 Å². The van der Waals surface area contributed by atoms with E-state index >= 15 is 0 Å². The Kier molecular flexibility index (Phi) is 7.41. The minimum absolute atomic E-state index is 0.168. The van der Waals surface area contributed by atoms with Crippen molar-refractivity contribution < 1.29 is 9.53 Å². The van der Waals surface area contributed by atoms with Gasteiger partial charge in [-0.15, -0.1) is 0 Å². The minimum atomic E-state index is -0.168. The van der Waals surface area contributed by atoms with Gasteiger partial charge in [-0.3, -0.25) is 4.79 Å². The molecule has 2 nitrogen and oxygen atoms in total. The van der Waals surface area contributed by atoms with Gasteiger partial charge in [-0.05, 0) is 18.9 Å². The first-order chi connectivity index (χ1) is 9.61. The molecule has 0 amide bonds. The number of benzene rings is 1. The average Bonchev–Trinajstić information content (AvgIpc) is 2.44. The smallest absolute Gasteiger partial charge is 0.310 e. The molecule has 0 radical (unpaired) electrons. The maximum atomic E-state index is 11.7. The molecule has 0 aliphatic rings. The number of hydrogen-bond acceptors (Lipinski definition) is 2. The molecule has 0 spiro atoms. The Morgan fingerprint density at radius 1 is 1.30 bits per heavy atom. The van der Waals surface area contributed by atoms with E-state index in [9.17, 15) is 4.79 Å². The first kappa shape index (κ1) is 16.2. The van der Waals surface area contributed by atoms with Gasteiger partial charge in [-0.2, -0.15) is 0 Å². The zero-order valence-electron chi connectivity index (χ0n) is 12.6. The molecule has 1 atom stereocenters. The number of allylic oxidation sites excluding steroid dienone is 3. The Hall–Kier alpha value is -1.83. The van der Waals surface area contributed by atoms with Gasteiger partial charge in [0.05, 0.1) is 13.0 Å². The summed E-state index contributed by atoms with van der Waals surface area (Å²) < 4.78 is 5.31. The van der Waals surface area contributed by atoms with Crippen molar-refractivity contribution in [1.29, 1.82) is 0 Å². The Morgan fingerprint density at radius 3 is 2.65 bits per heavy atom. The zero-order valence-corrected chi connectivity index (χ0v) is 12.6. The minimum Gasteiger partial charge on any atom is -0.465 e. The van der Waals surface area contributed by atoms with Crippen LogP contribution in [0, 0.1) is 5.92 Å². The van der Waals surface area contributed by atoms with Gasteiger partial charge in [0, 0.05) is 5.92 Å². The first-order valence-electron chi connectivity index (χ1n) is 7.16. The van der Waals surface area contributed by atoms with Crippen molar-refractivity contribution >= 4 is 5.97 Å². The van der Waals surface area contributed by atoms with Gasteiger partial charge in [0.25, 0.3) is 0 Å². The summed E-state index contributed by atoms with van der Waals surface area (Å²) in [4.78, 5) is 11.7. The van der Waals surface area contributed by atoms with E-state index in [2.05, 4.69) is 39.0 Å². The number of carbonyl (C=O) groups is 1. The number of ether oxygens (including phenoxy) is 1. The van der Waals surface area contributed by atoms with Crippen molar-refractivity contribution in [3.8, 4) is 0 Å². The third-order valence-corrected chi connectivity index (χ3v) is 2.86. The lowest BCUT2D eigenvalue weighted by atomic mass is 10.1. The fourth-order valence-corrected chi connectivity index (χ4v) is 1.89. The van der Waals surface area contributed by atoms with Crippen LogP contribution in [0.3, 0.4) is 0 Å². The molecule has 0 aliphatic heterocycles. The van der Waals surface area contributed by atoms with Gasteiger partial charge < -0.3 is 4.74 Å². The highest BCUT2D eigenvalue weighted by atomic mass is 16.5. The van der Waals surface area contributed by atoms with Crippen molar-refractivity contribution in [2.75, 3.05) is 6.61 Å². The van der Waals surface area contributed by atoms with Crippen LogP contribution in [-0.2, 0) is 16.0 Å². The fourth-order valence-electron chi connectivity index (χ4n) is 1.89. The molecule has 108 valence electrons. The molecule has 0 aliphatic carbocycles. The molecule has 0 saturated carbocycles. The number of rotatable bonds is 7. The van der Waals surface area contributed by atoms with Crippen LogP contribution in [0.25, 0.3) is 0 Å². The van der Waals surface area contributed by atoms with E-state index in [1.54, 1.807) is 0 Å². The number of hydrogen-bond donors (Lipinski definition) is 0. The second-order valence-corrected chi connectivity index (χ2v) is 5.04. The van der Waals surface area contributed by atoms with Crippen molar-refractivity contribution in [3.63, 3.8) is 0 Å². The summed E-state index contributed by atoms with van der Waals surface area (Å²) in [5.74, 6) is 0.0643. The topological polar surface area (TPSA) is 26.3 Å². The lowest BCUT2D eigenvalue weighted by molar-refractivity contribution is -0.143. The summed E-state index contributed by atoms with van der Waals surface area (Å²) in [6.07, 6.45) is 7.72. The quantitative estimate of drug-likeness (QED) is 0.546. The molecular formula is C18H24O2. The molecular weight excluding hydrogens is 248 g/mol. The van der Waals surface area contributed by atoms with Gasteiger partial charge in [0.1, 0.15) is 0 Å². The lowest BCUT2D eigenvalue weighted by Gasteiger charge is -2.09. The third-order valence-electron chi connectivity index (χ3n) is 2.86. The summed E-state index contributed by atoms with van der Waals surface area (Å²) in [6, 6.07) is 9.66. The highest BCUT2D eigenvalue weighted by molar-refractivity contribution is 5.72. The summed E-state index contributed by atoms with van der Waals surface area (Å²) in [5, 5.41) is 0. The maximum absolute atomic E-state index is 11.7. The van der Waals surface area contributed by atoms with Gasteiger partial charge in [0.2, 0.25) is 0 Å². The molecule has 0 aromatic heterocycles. The molecule has 2 heteroatoms. The van der Waals surface area contributed by atoms with Crippen molar-refractivity contribution in [3.05, 3.63) is 59.7 Å². The lowest BCUT2D eigenvalue weighted by Crippen LogP contribution is -2.12. The Labute approximate surface area is 122 Å². The predicted octanol–water partition coefficient (Wildman–Crippen LogP) is 4.32. The summed E-state index contributed by atoms with van der Waals surface area (Å²) >= 11 is 0. The Balaban J connectivity index is 2.35. The van der Waals surface area contributed by atoms with Crippen LogP contribution in [-0.4, -0.2) is 12.6 Å². The SMILES string of the molecule is CC/C=C/C(C)=C/C(C)COC(=O)Cc1ccccc1. The van der Waals surface area contributed by atoms with E-state index in [0.29, 0.717) is 13.0 Å². The van der Waals surface area contributed by atoms with Crippen LogP contribution in [0.4, 0.5) is 0 Å². The van der Waals surface area contributed by atoms with Crippen LogP contribution in [0.15, 0.2) is 54.1 Å². The normalized spacial score (nSPS) is 13.4. The van der Waals surface area contributed by atoms with Crippen molar-refractivity contribution in [1.82, 2.24) is 0 Å². The van der Waals surface area contributed by atoms with E-state index in [1.165, 1.54) is 5.57 Å². The average molecular weight is 272 g/mol. The van der Waals surface area contributed by atoms with E-state index < -0.39 is 0 Å². The Bertz CT molecular complexity index is 458. The largest absolute Gasteiger partial charge is 0.465 e. The Morgan fingerprint density at radius 2 is 2.00 bits per heavy atom. The molecule has 0 saturated heterocycles. The van der Waals surface area contributed by atoms with Gasteiger partial charge >= 0.3 is 5.97 Å². The maximum Gasteiger partial charge on any atom is 0.310 e. The van der Waals surface area contributed by atoms with Crippen molar-refractivity contribution in [2.45, 2.75) is 33.6 Å². The molecule has 1 unspecified atom stereocenters. The van der Waals surface area contributed by atoms with E-state index in [0.717, 1.165) is 12.0 Å². The third kappa shape index (κ3) is 6.93. The summed E-state index contributed by atoms with van der Waals surface area (Å²) in [7, 11) is 0. The highest BCUT2D eigenvalue weighted by Gasteiger charge is 2.06. The molecule has 20 heavy (non-hydrogen) atoms. The van der Waals surface area contributed by atoms with Crippen LogP contribution in [0.1, 0.15) is 32.8 Å². The van der Waals surface area contributed by atoms with E-state index in [4.69, 9.17) is 4.74 Å². The number of carbonyl (C=O) groups excluding carboxylic acids is 1. The van der Waals surface area contributed by atoms with E-state index in [1.807, 2.05) is 30.3 Å². The summed E-state index contributed by atoms with van der Waals surface area (Å²) in [6.45, 7) is 6.66. The molecule has 0 fully saturated rings. The van der Waals surface area contributed by atoms with Gasteiger partial charge in [-0.25, -0.2) is 0 Å².